The minimum atomic E-state index is -0.328. The van der Waals surface area contributed by atoms with Crippen molar-refractivity contribution in [1.82, 2.24) is 15.1 Å². The summed E-state index contributed by atoms with van der Waals surface area (Å²) in [5, 5.41) is 7.36. The number of halogens is 1. The fraction of sp³-hybridized carbons (Fsp3) is 0.308. The highest BCUT2D eigenvalue weighted by molar-refractivity contribution is 5.31. The number of hydrogen-bond acceptors (Lipinski definition) is 3. The molecule has 0 bridgehead atoms. The zero-order valence-corrected chi connectivity index (χ0v) is 10.5. The lowest BCUT2D eigenvalue weighted by Gasteiger charge is -2.07. The minimum Gasteiger partial charge on any atom is -0.494 e. The predicted molar refractivity (Wildman–Crippen MR) is 67.0 cm³/mol. The van der Waals surface area contributed by atoms with E-state index in [1.807, 2.05) is 19.3 Å². The van der Waals surface area contributed by atoms with Gasteiger partial charge in [-0.3, -0.25) is 4.68 Å². The third-order valence-electron chi connectivity index (χ3n) is 2.65. The first kappa shape index (κ1) is 12.6. The number of methoxy groups -OCH3 is 1. The highest BCUT2D eigenvalue weighted by atomic mass is 19.1. The summed E-state index contributed by atoms with van der Waals surface area (Å²) in [7, 11) is 3.32. The Labute approximate surface area is 105 Å². The van der Waals surface area contributed by atoms with Crippen LogP contribution in [0.3, 0.4) is 0 Å². The average molecular weight is 249 g/mol. The average Bonchev–Trinajstić information content (AvgIpc) is 2.80. The SMILES string of the molecule is CNCc1ccn(Cc2cccc(OC)c2F)n1. The van der Waals surface area contributed by atoms with Gasteiger partial charge in [0.05, 0.1) is 19.3 Å². The van der Waals surface area contributed by atoms with Gasteiger partial charge in [0.15, 0.2) is 11.6 Å². The van der Waals surface area contributed by atoms with E-state index in [0.29, 0.717) is 18.7 Å². The first-order valence-corrected chi connectivity index (χ1v) is 5.73. The molecular formula is C13H16FN3O. The van der Waals surface area contributed by atoms with Crippen molar-refractivity contribution in [2.45, 2.75) is 13.1 Å². The molecular weight excluding hydrogens is 233 g/mol. The Hall–Kier alpha value is -1.88. The van der Waals surface area contributed by atoms with Gasteiger partial charge in [-0.2, -0.15) is 5.10 Å². The lowest BCUT2D eigenvalue weighted by molar-refractivity contribution is 0.383. The van der Waals surface area contributed by atoms with E-state index in [0.717, 1.165) is 5.69 Å². The Morgan fingerprint density at radius 1 is 1.39 bits per heavy atom. The topological polar surface area (TPSA) is 39.1 Å². The van der Waals surface area contributed by atoms with Crippen LogP contribution in [0.1, 0.15) is 11.3 Å². The van der Waals surface area contributed by atoms with Crippen molar-refractivity contribution in [2.24, 2.45) is 0 Å². The van der Waals surface area contributed by atoms with Crippen molar-refractivity contribution < 1.29 is 9.13 Å². The lowest BCUT2D eigenvalue weighted by Crippen LogP contribution is -2.08. The lowest BCUT2D eigenvalue weighted by atomic mass is 10.2. The molecule has 5 heteroatoms. The van der Waals surface area contributed by atoms with Gasteiger partial charge in [0.2, 0.25) is 0 Å². The van der Waals surface area contributed by atoms with Gasteiger partial charge in [-0.25, -0.2) is 4.39 Å². The molecule has 0 spiro atoms. The fourth-order valence-corrected chi connectivity index (χ4v) is 1.78. The van der Waals surface area contributed by atoms with Crippen LogP contribution in [0.25, 0.3) is 0 Å². The molecule has 0 saturated heterocycles. The van der Waals surface area contributed by atoms with E-state index in [4.69, 9.17) is 4.74 Å². The van der Waals surface area contributed by atoms with Crippen LogP contribution in [0.5, 0.6) is 5.75 Å². The minimum absolute atomic E-state index is 0.259. The zero-order valence-electron chi connectivity index (χ0n) is 10.5. The van der Waals surface area contributed by atoms with Crippen molar-refractivity contribution >= 4 is 0 Å². The maximum atomic E-state index is 13.9. The van der Waals surface area contributed by atoms with E-state index in [2.05, 4.69) is 10.4 Å². The van der Waals surface area contributed by atoms with Crippen LogP contribution in [-0.4, -0.2) is 23.9 Å². The molecule has 0 aliphatic heterocycles. The Morgan fingerprint density at radius 2 is 2.22 bits per heavy atom. The molecule has 1 N–H and O–H groups in total. The molecule has 96 valence electrons. The Balaban J connectivity index is 2.17. The van der Waals surface area contributed by atoms with Crippen molar-refractivity contribution in [3.8, 4) is 5.75 Å². The third kappa shape index (κ3) is 2.68. The van der Waals surface area contributed by atoms with E-state index in [1.54, 1.807) is 22.9 Å². The van der Waals surface area contributed by atoms with Gasteiger partial charge in [0.25, 0.3) is 0 Å². The van der Waals surface area contributed by atoms with Crippen LogP contribution >= 0.6 is 0 Å². The largest absolute Gasteiger partial charge is 0.494 e. The maximum Gasteiger partial charge on any atom is 0.170 e. The molecule has 18 heavy (non-hydrogen) atoms. The van der Waals surface area contributed by atoms with Crippen LogP contribution in [0, 0.1) is 5.82 Å². The van der Waals surface area contributed by atoms with Gasteiger partial charge < -0.3 is 10.1 Å². The summed E-state index contributed by atoms with van der Waals surface area (Å²) < 4.78 is 20.6. The normalized spacial score (nSPS) is 10.6. The van der Waals surface area contributed by atoms with Crippen molar-refractivity contribution in [3.63, 3.8) is 0 Å². The summed E-state index contributed by atoms with van der Waals surface area (Å²) in [6, 6.07) is 7.02. The highest BCUT2D eigenvalue weighted by Gasteiger charge is 2.09. The smallest absolute Gasteiger partial charge is 0.170 e. The zero-order chi connectivity index (χ0) is 13.0. The summed E-state index contributed by atoms with van der Waals surface area (Å²) in [6.45, 7) is 1.10. The number of aromatic nitrogens is 2. The number of nitrogens with zero attached hydrogens (tertiary/aromatic N) is 2. The molecule has 0 aliphatic carbocycles. The summed E-state index contributed by atoms with van der Waals surface area (Å²) in [5.74, 6) is -0.0687. The first-order chi connectivity index (χ1) is 8.74. The molecule has 1 heterocycles. The summed E-state index contributed by atoms with van der Waals surface area (Å²) in [6.07, 6.45) is 1.84. The molecule has 0 fully saturated rings. The molecule has 0 amide bonds. The van der Waals surface area contributed by atoms with E-state index >= 15 is 0 Å². The highest BCUT2D eigenvalue weighted by Crippen LogP contribution is 2.20. The second-order valence-electron chi connectivity index (χ2n) is 3.97. The quantitative estimate of drug-likeness (QED) is 0.878. The van der Waals surface area contributed by atoms with Crippen LogP contribution in [0.4, 0.5) is 4.39 Å². The third-order valence-corrected chi connectivity index (χ3v) is 2.65. The molecule has 2 aromatic rings. The van der Waals surface area contributed by atoms with Gasteiger partial charge in [0.1, 0.15) is 0 Å². The molecule has 1 aromatic carbocycles. The Bertz CT molecular complexity index is 525. The molecule has 0 radical (unpaired) electrons. The number of nitrogens with one attached hydrogen (secondary N) is 1. The number of ether oxygens (including phenoxy) is 1. The number of hydrogen-bond donors (Lipinski definition) is 1. The monoisotopic (exact) mass is 249 g/mol. The van der Waals surface area contributed by atoms with Crippen molar-refractivity contribution in [1.29, 1.82) is 0 Å². The van der Waals surface area contributed by atoms with Crippen molar-refractivity contribution in [3.05, 3.63) is 47.5 Å². The fourth-order valence-electron chi connectivity index (χ4n) is 1.78. The molecule has 0 aliphatic rings. The second-order valence-corrected chi connectivity index (χ2v) is 3.97. The van der Waals surface area contributed by atoms with Gasteiger partial charge in [-0.05, 0) is 19.2 Å². The molecule has 0 atom stereocenters. The predicted octanol–water partition coefficient (Wildman–Crippen LogP) is 1.80. The van der Waals surface area contributed by atoms with Gasteiger partial charge >= 0.3 is 0 Å². The Kier molecular flexibility index (Phi) is 3.94. The molecule has 1 aromatic heterocycles. The van der Waals surface area contributed by atoms with Gasteiger partial charge in [-0.15, -0.1) is 0 Å². The van der Waals surface area contributed by atoms with E-state index in [9.17, 15) is 4.39 Å². The second kappa shape index (κ2) is 5.64. The maximum absolute atomic E-state index is 13.9. The summed E-state index contributed by atoms with van der Waals surface area (Å²) in [5.41, 5.74) is 1.49. The van der Waals surface area contributed by atoms with Crippen LogP contribution in [0.15, 0.2) is 30.5 Å². The summed E-state index contributed by atoms with van der Waals surface area (Å²) >= 11 is 0. The molecule has 4 nitrogen and oxygen atoms in total. The molecule has 0 unspecified atom stereocenters. The van der Waals surface area contributed by atoms with E-state index < -0.39 is 0 Å². The molecule has 0 saturated carbocycles. The van der Waals surface area contributed by atoms with Crippen LogP contribution in [0.2, 0.25) is 0 Å². The number of benzene rings is 1. The van der Waals surface area contributed by atoms with E-state index in [1.165, 1.54) is 7.11 Å². The summed E-state index contributed by atoms with van der Waals surface area (Å²) in [4.78, 5) is 0. The molecule has 2 rings (SSSR count). The first-order valence-electron chi connectivity index (χ1n) is 5.73. The standard InChI is InChI=1S/C13H16FN3O/c1-15-8-11-6-7-17(16-11)9-10-4-3-5-12(18-2)13(10)14/h3-7,15H,8-9H2,1-2H3. The van der Waals surface area contributed by atoms with Crippen LogP contribution < -0.4 is 10.1 Å². The number of rotatable bonds is 5. The van der Waals surface area contributed by atoms with E-state index in [-0.39, 0.29) is 11.6 Å². The van der Waals surface area contributed by atoms with Crippen LogP contribution in [-0.2, 0) is 13.1 Å². The van der Waals surface area contributed by atoms with Gasteiger partial charge in [0, 0.05) is 18.3 Å². The Morgan fingerprint density at radius 3 is 2.94 bits per heavy atom. The van der Waals surface area contributed by atoms with Crippen molar-refractivity contribution in [2.75, 3.05) is 14.2 Å². The van der Waals surface area contributed by atoms with Gasteiger partial charge in [-0.1, -0.05) is 12.1 Å².